The number of hydrogen-bond donors (Lipinski definition) is 3. The molecule has 0 unspecified atom stereocenters. The molecule has 0 saturated carbocycles. The van der Waals surface area contributed by atoms with Crippen LogP contribution in [-0.2, 0) is 6.42 Å². The average Bonchev–Trinajstić information content (AvgIpc) is 3.22. The molecule has 2 aromatic heterocycles. The van der Waals surface area contributed by atoms with Gasteiger partial charge >= 0.3 is 6.03 Å². The van der Waals surface area contributed by atoms with Gasteiger partial charge < -0.3 is 15.6 Å². The molecule has 0 spiro atoms. The van der Waals surface area contributed by atoms with Crippen LogP contribution in [0.2, 0.25) is 0 Å². The molecule has 5 aromatic rings. The second kappa shape index (κ2) is 9.10. The number of aromatic nitrogens is 2. The molecule has 0 fully saturated rings. The Bertz CT molecular complexity index is 1370. The minimum absolute atomic E-state index is 0.159. The highest BCUT2D eigenvalue weighted by atomic mass is 16.2. The molecule has 0 saturated heterocycles. The molecular weight excluding hydrogens is 396 g/mol. The normalized spacial score (nSPS) is 11.2. The number of hydrogen-bond acceptors (Lipinski definition) is 2. The summed E-state index contributed by atoms with van der Waals surface area (Å²) in [4.78, 5) is 20.6. The maximum Gasteiger partial charge on any atom is 0.319 e. The van der Waals surface area contributed by atoms with Crippen LogP contribution < -0.4 is 10.6 Å². The van der Waals surface area contributed by atoms with Crippen LogP contribution in [0.1, 0.15) is 25.0 Å². The van der Waals surface area contributed by atoms with E-state index in [1.165, 1.54) is 16.3 Å². The SMILES string of the molecule is O=C(NCCCCCc1nc2ccccc2c2[nH]c3ccccc3c12)Nc1ccccc1. The highest BCUT2D eigenvalue weighted by Gasteiger charge is 2.13. The molecule has 2 amide bonds. The van der Waals surface area contributed by atoms with E-state index in [1.54, 1.807) is 0 Å². The van der Waals surface area contributed by atoms with Gasteiger partial charge in [-0.15, -0.1) is 0 Å². The predicted octanol–water partition coefficient (Wildman–Crippen LogP) is 6.40. The summed E-state index contributed by atoms with van der Waals surface area (Å²) < 4.78 is 0. The molecule has 160 valence electrons. The van der Waals surface area contributed by atoms with Crippen molar-refractivity contribution in [2.45, 2.75) is 25.7 Å². The Labute approximate surface area is 186 Å². The minimum Gasteiger partial charge on any atom is -0.354 e. The molecule has 0 aliphatic heterocycles. The third-order valence-corrected chi connectivity index (χ3v) is 5.83. The molecule has 32 heavy (non-hydrogen) atoms. The highest BCUT2D eigenvalue weighted by molar-refractivity contribution is 6.17. The fourth-order valence-electron chi connectivity index (χ4n) is 4.30. The van der Waals surface area contributed by atoms with E-state index in [1.807, 2.05) is 36.4 Å². The Morgan fingerprint density at radius 1 is 0.812 bits per heavy atom. The van der Waals surface area contributed by atoms with Crippen molar-refractivity contribution in [3.63, 3.8) is 0 Å². The van der Waals surface area contributed by atoms with Gasteiger partial charge in [-0.3, -0.25) is 4.98 Å². The lowest BCUT2D eigenvalue weighted by Crippen LogP contribution is -2.29. The highest BCUT2D eigenvalue weighted by Crippen LogP contribution is 2.33. The van der Waals surface area contributed by atoms with Crippen molar-refractivity contribution in [2.24, 2.45) is 0 Å². The number of H-pyrrole nitrogens is 1. The zero-order chi connectivity index (χ0) is 21.8. The van der Waals surface area contributed by atoms with Crippen LogP contribution in [0.15, 0.2) is 78.9 Å². The summed E-state index contributed by atoms with van der Waals surface area (Å²) in [6.45, 7) is 0.659. The standard InChI is InChI=1S/C27H26N4O/c32-27(29-19-11-3-1-4-12-19)28-18-10-2-5-17-24-25-20-13-6-8-15-22(20)31-26(25)21-14-7-9-16-23(21)30-24/h1,3-4,6-9,11-16,31H,2,5,10,17-18H2,(H2,28,29,32). The van der Waals surface area contributed by atoms with E-state index < -0.39 is 0 Å². The van der Waals surface area contributed by atoms with E-state index in [9.17, 15) is 4.79 Å². The number of pyridine rings is 1. The van der Waals surface area contributed by atoms with Crippen LogP contribution in [0.5, 0.6) is 0 Å². The van der Waals surface area contributed by atoms with E-state index in [0.717, 1.165) is 53.5 Å². The average molecular weight is 423 g/mol. The Morgan fingerprint density at radius 2 is 1.56 bits per heavy atom. The molecule has 0 aliphatic rings. The third-order valence-electron chi connectivity index (χ3n) is 5.83. The van der Waals surface area contributed by atoms with Gasteiger partial charge in [0.05, 0.1) is 16.7 Å². The van der Waals surface area contributed by atoms with Crippen molar-refractivity contribution in [1.82, 2.24) is 15.3 Å². The van der Waals surface area contributed by atoms with Crippen LogP contribution in [-0.4, -0.2) is 22.5 Å². The third kappa shape index (κ3) is 4.14. The van der Waals surface area contributed by atoms with Crippen LogP contribution >= 0.6 is 0 Å². The van der Waals surface area contributed by atoms with Gasteiger partial charge in [0.25, 0.3) is 0 Å². The molecule has 5 rings (SSSR count). The molecule has 2 heterocycles. The number of aryl methyl sites for hydroxylation is 1. The van der Waals surface area contributed by atoms with Gasteiger partial charge in [0.2, 0.25) is 0 Å². The summed E-state index contributed by atoms with van der Waals surface area (Å²) in [7, 11) is 0. The summed E-state index contributed by atoms with van der Waals surface area (Å²) in [6, 6.07) is 26.1. The Hall–Kier alpha value is -3.86. The van der Waals surface area contributed by atoms with Gasteiger partial charge in [0, 0.05) is 33.9 Å². The molecule has 0 aliphatic carbocycles. The molecule has 5 heteroatoms. The number of rotatable bonds is 7. The van der Waals surface area contributed by atoms with Crippen molar-refractivity contribution < 1.29 is 4.79 Å². The molecule has 3 N–H and O–H groups in total. The van der Waals surface area contributed by atoms with E-state index >= 15 is 0 Å². The Morgan fingerprint density at radius 3 is 2.44 bits per heavy atom. The number of urea groups is 1. The van der Waals surface area contributed by atoms with Gasteiger partial charge in [-0.25, -0.2) is 4.79 Å². The number of carbonyl (C=O) groups is 1. The van der Waals surface area contributed by atoms with E-state index in [0.29, 0.717) is 6.54 Å². The fraction of sp³-hybridized carbons (Fsp3) is 0.185. The number of para-hydroxylation sites is 3. The zero-order valence-corrected chi connectivity index (χ0v) is 17.9. The first-order valence-corrected chi connectivity index (χ1v) is 11.2. The number of fused-ring (bicyclic) bond motifs is 5. The van der Waals surface area contributed by atoms with Gasteiger partial charge in [0.1, 0.15) is 0 Å². The molecule has 0 atom stereocenters. The van der Waals surface area contributed by atoms with Crippen LogP contribution in [0, 0.1) is 0 Å². The van der Waals surface area contributed by atoms with Crippen molar-refractivity contribution in [1.29, 1.82) is 0 Å². The lowest BCUT2D eigenvalue weighted by atomic mass is 10.0. The molecule has 0 radical (unpaired) electrons. The number of nitrogens with zero attached hydrogens (tertiary/aromatic N) is 1. The number of amides is 2. The maximum atomic E-state index is 12.0. The maximum absolute atomic E-state index is 12.0. The first kappa shape index (κ1) is 20.1. The van der Waals surface area contributed by atoms with Crippen LogP contribution in [0.25, 0.3) is 32.7 Å². The molecule has 5 nitrogen and oxygen atoms in total. The molecule has 3 aromatic carbocycles. The summed E-state index contributed by atoms with van der Waals surface area (Å²) in [6.07, 6.45) is 3.91. The van der Waals surface area contributed by atoms with Crippen LogP contribution in [0.4, 0.5) is 10.5 Å². The first-order valence-electron chi connectivity index (χ1n) is 11.2. The van der Waals surface area contributed by atoms with Gasteiger partial charge in [0.15, 0.2) is 0 Å². The number of nitrogens with one attached hydrogen (secondary N) is 3. The minimum atomic E-state index is -0.159. The zero-order valence-electron chi connectivity index (χ0n) is 17.9. The number of unbranched alkanes of at least 4 members (excludes halogenated alkanes) is 2. The van der Waals surface area contributed by atoms with E-state index in [2.05, 4.69) is 58.1 Å². The number of anilines is 1. The fourth-order valence-corrected chi connectivity index (χ4v) is 4.30. The number of carbonyl (C=O) groups excluding carboxylic acids is 1. The second-order valence-electron chi connectivity index (χ2n) is 8.05. The second-order valence-corrected chi connectivity index (χ2v) is 8.05. The van der Waals surface area contributed by atoms with Gasteiger partial charge in [-0.1, -0.05) is 61.0 Å². The largest absolute Gasteiger partial charge is 0.354 e. The monoisotopic (exact) mass is 422 g/mol. The quantitative estimate of drug-likeness (QED) is 0.265. The van der Waals surface area contributed by atoms with Gasteiger partial charge in [-0.05, 0) is 43.5 Å². The van der Waals surface area contributed by atoms with Crippen molar-refractivity contribution in [2.75, 3.05) is 11.9 Å². The Balaban J connectivity index is 1.23. The topological polar surface area (TPSA) is 69.8 Å². The summed E-state index contributed by atoms with van der Waals surface area (Å²) in [5.41, 5.74) is 5.29. The summed E-state index contributed by atoms with van der Waals surface area (Å²) in [5.74, 6) is 0. The van der Waals surface area contributed by atoms with Crippen molar-refractivity contribution in [3.05, 3.63) is 84.6 Å². The molecular formula is C27H26N4O. The van der Waals surface area contributed by atoms with Crippen LogP contribution in [0.3, 0.4) is 0 Å². The smallest absolute Gasteiger partial charge is 0.319 e. The Kier molecular flexibility index (Phi) is 5.71. The number of benzene rings is 3. The van der Waals surface area contributed by atoms with Crippen molar-refractivity contribution in [3.8, 4) is 0 Å². The van der Waals surface area contributed by atoms with Gasteiger partial charge in [-0.2, -0.15) is 0 Å². The van der Waals surface area contributed by atoms with Crippen molar-refractivity contribution >= 4 is 44.4 Å². The van der Waals surface area contributed by atoms with E-state index in [-0.39, 0.29) is 6.03 Å². The lowest BCUT2D eigenvalue weighted by Gasteiger charge is -2.09. The predicted molar refractivity (Wildman–Crippen MR) is 132 cm³/mol. The van der Waals surface area contributed by atoms with E-state index in [4.69, 9.17) is 4.98 Å². The first-order chi connectivity index (χ1) is 15.8. The molecule has 0 bridgehead atoms. The lowest BCUT2D eigenvalue weighted by molar-refractivity contribution is 0.252. The number of aromatic amines is 1. The summed E-state index contributed by atoms with van der Waals surface area (Å²) >= 11 is 0. The summed E-state index contributed by atoms with van der Waals surface area (Å²) in [5, 5.41) is 9.41.